The maximum atomic E-state index is 8.85. The quantitative estimate of drug-likeness (QED) is 0.409. The minimum atomic E-state index is -1.03. The summed E-state index contributed by atoms with van der Waals surface area (Å²) >= 11 is 0. The molecule has 0 bridgehead atoms. The van der Waals surface area contributed by atoms with Crippen molar-refractivity contribution >= 4 is 12.4 Å². The summed E-state index contributed by atoms with van der Waals surface area (Å²) in [6.07, 6.45) is -1.91. The molecule has 4 N–H and O–H groups in total. The number of likely N-dealkylation sites (N-methyl/N-ethyl adjacent to an activating group) is 1. The van der Waals surface area contributed by atoms with Crippen LogP contribution in [0.1, 0.15) is 0 Å². The lowest BCUT2D eigenvalue weighted by molar-refractivity contribution is -0.0120. The monoisotopic (exact) mass is 171 g/mol. The maximum Gasteiger partial charge on any atom is 0.104 e. The second kappa shape index (κ2) is 7.24. The Morgan fingerprint density at radius 2 is 1.80 bits per heavy atom. The van der Waals surface area contributed by atoms with Crippen molar-refractivity contribution in [2.24, 2.45) is 0 Å². The number of nitrogens with one attached hydrogen (secondary N) is 1. The minimum Gasteiger partial charge on any atom is -0.394 e. The molecule has 0 aliphatic rings. The fourth-order valence-electron chi connectivity index (χ4n) is 0.467. The fourth-order valence-corrected chi connectivity index (χ4v) is 0.467. The molecule has 0 aromatic heterocycles. The first-order chi connectivity index (χ1) is 4.22. The first-order valence-electron chi connectivity index (χ1n) is 2.84. The van der Waals surface area contributed by atoms with Crippen molar-refractivity contribution in [3.8, 4) is 0 Å². The van der Waals surface area contributed by atoms with Gasteiger partial charge in [-0.25, -0.2) is 0 Å². The molecule has 5 heteroatoms. The fraction of sp³-hybridized carbons (Fsp3) is 1.00. The molecule has 0 spiro atoms. The molecule has 0 aliphatic heterocycles. The molecule has 0 aromatic carbocycles. The molecule has 0 aromatic rings. The molecule has 0 rings (SSSR count). The Morgan fingerprint density at radius 1 is 1.30 bits per heavy atom. The summed E-state index contributed by atoms with van der Waals surface area (Å²) in [5.41, 5.74) is 0. The molecule has 0 saturated carbocycles. The summed E-state index contributed by atoms with van der Waals surface area (Å²) in [5, 5.41) is 28.5. The van der Waals surface area contributed by atoms with Gasteiger partial charge in [0.15, 0.2) is 0 Å². The molecule has 4 nitrogen and oxygen atoms in total. The van der Waals surface area contributed by atoms with Crippen LogP contribution in [0.3, 0.4) is 0 Å². The van der Waals surface area contributed by atoms with Gasteiger partial charge in [0.1, 0.15) is 6.10 Å². The van der Waals surface area contributed by atoms with Gasteiger partial charge in [0.25, 0.3) is 0 Å². The molecule has 10 heavy (non-hydrogen) atoms. The average molecular weight is 172 g/mol. The van der Waals surface area contributed by atoms with Crippen molar-refractivity contribution < 1.29 is 15.3 Å². The summed E-state index contributed by atoms with van der Waals surface area (Å²) in [4.78, 5) is 0. The normalized spacial score (nSPS) is 15.6. The Labute approximate surface area is 66.3 Å². The van der Waals surface area contributed by atoms with Crippen LogP contribution in [0.15, 0.2) is 0 Å². The Morgan fingerprint density at radius 3 is 2.10 bits per heavy atom. The van der Waals surface area contributed by atoms with Gasteiger partial charge in [-0.2, -0.15) is 0 Å². The van der Waals surface area contributed by atoms with Crippen molar-refractivity contribution in [3.63, 3.8) is 0 Å². The average Bonchev–Trinajstić information content (AvgIpc) is 1.87. The van der Waals surface area contributed by atoms with E-state index in [-0.39, 0.29) is 12.4 Å². The van der Waals surface area contributed by atoms with Crippen LogP contribution in [0.25, 0.3) is 0 Å². The van der Waals surface area contributed by atoms with E-state index in [0.29, 0.717) is 6.54 Å². The van der Waals surface area contributed by atoms with E-state index < -0.39 is 18.8 Å². The van der Waals surface area contributed by atoms with Crippen LogP contribution in [0, 0.1) is 0 Å². The Balaban J connectivity index is 0. The van der Waals surface area contributed by atoms with Gasteiger partial charge in [-0.15, -0.1) is 12.4 Å². The number of hydrogen-bond acceptors (Lipinski definition) is 4. The van der Waals surface area contributed by atoms with Crippen molar-refractivity contribution in [2.45, 2.75) is 12.2 Å². The van der Waals surface area contributed by atoms with Crippen LogP contribution in [0.4, 0.5) is 0 Å². The number of halogens is 1. The van der Waals surface area contributed by atoms with Crippen molar-refractivity contribution in [3.05, 3.63) is 0 Å². The maximum absolute atomic E-state index is 8.85. The van der Waals surface area contributed by atoms with Crippen LogP contribution in [-0.2, 0) is 0 Å². The zero-order valence-electron chi connectivity index (χ0n) is 5.82. The Kier molecular flexibility index (Phi) is 9.25. The van der Waals surface area contributed by atoms with Crippen LogP contribution >= 0.6 is 12.4 Å². The molecule has 0 radical (unpaired) electrons. The van der Waals surface area contributed by atoms with E-state index in [0.717, 1.165) is 0 Å². The summed E-state index contributed by atoms with van der Waals surface area (Å²) in [5.74, 6) is 0. The van der Waals surface area contributed by atoms with Gasteiger partial charge in [-0.05, 0) is 7.05 Å². The standard InChI is InChI=1S/C5H13NO3.ClH/c1-6-2-4(8)5(9)3-7;/h4-9H,2-3H2,1H3;1H/t4-,5+;/m0./s1. The summed E-state index contributed by atoms with van der Waals surface area (Å²) in [6, 6.07) is 0. The third-order valence-corrected chi connectivity index (χ3v) is 1.04. The van der Waals surface area contributed by atoms with E-state index >= 15 is 0 Å². The van der Waals surface area contributed by atoms with Gasteiger partial charge in [0.05, 0.1) is 12.7 Å². The molecule has 0 saturated heterocycles. The summed E-state index contributed by atoms with van der Waals surface area (Å²) in [6.45, 7) is -0.107. The molecular weight excluding hydrogens is 158 g/mol. The van der Waals surface area contributed by atoms with Crippen LogP contribution in [0.5, 0.6) is 0 Å². The first kappa shape index (κ1) is 12.8. The van der Waals surface area contributed by atoms with Gasteiger partial charge in [-0.3, -0.25) is 0 Å². The first-order valence-corrected chi connectivity index (χ1v) is 2.84. The third-order valence-electron chi connectivity index (χ3n) is 1.04. The van der Waals surface area contributed by atoms with E-state index in [1.807, 2.05) is 0 Å². The molecule has 0 aliphatic carbocycles. The van der Waals surface area contributed by atoms with E-state index in [2.05, 4.69) is 5.32 Å². The zero-order valence-corrected chi connectivity index (χ0v) is 6.64. The molecule has 64 valence electrons. The lowest BCUT2D eigenvalue weighted by atomic mass is 10.2. The highest BCUT2D eigenvalue weighted by molar-refractivity contribution is 5.85. The van der Waals surface area contributed by atoms with E-state index in [1.165, 1.54) is 0 Å². The van der Waals surface area contributed by atoms with E-state index in [9.17, 15) is 0 Å². The molecular formula is C5H14ClNO3. The highest BCUT2D eigenvalue weighted by Gasteiger charge is 2.12. The summed E-state index contributed by atoms with van der Waals surface area (Å²) < 4.78 is 0. The third kappa shape index (κ3) is 4.96. The van der Waals surface area contributed by atoms with Crippen molar-refractivity contribution in [1.29, 1.82) is 0 Å². The SMILES string of the molecule is CNC[C@H](O)[C@H](O)CO.Cl. The molecule has 2 atom stereocenters. The van der Waals surface area contributed by atoms with Crippen molar-refractivity contribution in [1.82, 2.24) is 5.32 Å². The van der Waals surface area contributed by atoms with Gasteiger partial charge in [0, 0.05) is 6.54 Å². The number of hydrogen-bond donors (Lipinski definition) is 4. The number of rotatable bonds is 4. The van der Waals surface area contributed by atoms with Gasteiger partial charge in [0.2, 0.25) is 0 Å². The summed E-state index contributed by atoms with van der Waals surface area (Å²) in [7, 11) is 1.66. The Hall–Kier alpha value is 0.130. The lowest BCUT2D eigenvalue weighted by Crippen LogP contribution is -2.36. The highest BCUT2D eigenvalue weighted by atomic mass is 35.5. The predicted octanol–water partition coefficient (Wildman–Crippen LogP) is -1.66. The largest absolute Gasteiger partial charge is 0.394 e. The lowest BCUT2D eigenvalue weighted by Gasteiger charge is -2.13. The molecule has 0 amide bonds. The Bertz CT molecular complexity index is 73.9. The van der Waals surface area contributed by atoms with Crippen LogP contribution < -0.4 is 5.32 Å². The smallest absolute Gasteiger partial charge is 0.104 e. The molecule has 0 heterocycles. The van der Waals surface area contributed by atoms with E-state index in [1.54, 1.807) is 7.05 Å². The van der Waals surface area contributed by atoms with Gasteiger partial charge in [-0.1, -0.05) is 0 Å². The number of aliphatic hydroxyl groups is 3. The minimum absolute atomic E-state index is 0. The predicted molar refractivity (Wildman–Crippen MR) is 40.3 cm³/mol. The second-order valence-electron chi connectivity index (χ2n) is 1.87. The van der Waals surface area contributed by atoms with Gasteiger partial charge < -0.3 is 20.6 Å². The second-order valence-corrected chi connectivity index (χ2v) is 1.87. The van der Waals surface area contributed by atoms with Crippen LogP contribution in [0.2, 0.25) is 0 Å². The molecule has 0 fully saturated rings. The highest BCUT2D eigenvalue weighted by Crippen LogP contribution is 1.88. The zero-order chi connectivity index (χ0) is 7.28. The van der Waals surface area contributed by atoms with Crippen molar-refractivity contribution in [2.75, 3.05) is 20.2 Å². The topological polar surface area (TPSA) is 72.7 Å². The number of aliphatic hydroxyl groups excluding tert-OH is 3. The van der Waals surface area contributed by atoms with E-state index in [4.69, 9.17) is 15.3 Å². The van der Waals surface area contributed by atoms with Crippen LogP contribution in [-0.4, -0.2) is 47.7 Å². The van der Waals surface area contributed by atoms with Gasteiger partial charge >= 0.3 is 0 Å². The molecule has 0 unspecified atom stereocenters.